The fraction of sp³-hybridized carbons (Fsp3) is 0.143. The molecule has 23 heavy (non-hydrogen) atoms. The van der Waals surface area contributed by atoms with Crippen LogP contribution in [0.4, 0.5) is 0 Å². The highest BCUT2D eigenvalue weighted by Crippen LogP contribution is 2.29. The zero-order valence-electron chi connectivity index (χ0n) is 13.6. The number of allylic oxidation sites excluding steroid dienone is 1. The van der Waals surface area contributed by atoms with E-state index in [0.717, 1.165) is 34.0 Å². The molecule has 0 aliphatic heterocycles. The van der Waals surface area contributed by atoms with E-state index in [4.69, 9.17) is 0 Å². The van der Waals surface area contributed by atoms with Crippen LogP contribution < -0.4 is 0 Å². The third-order valence-corrected chi connectivity index (χ3v) is 3.45. The van der Waals surface area contributed by atoms with Crippen molar-refractivity contribution in [3.63, 3.8) is 0 Å². The van der Waals surface area contributed by atoms with E-state index in [1.807, 2.05) is 62.4 Å². The molecule has 2 heteroatoms. The van der Waals surface area contributed by atoms with Crippen molar-refractivity contribution in [1.29, 1.82) is 5.26 Å². The lowest BCUT2D eigenvalue weighted by molar-refractivity contribution is 1.26. The molecular formula is C21H20N2. The molecule has 1 heterocycles. The van der Waals surface area contributed by atoms with Crippen LogP contribution in [-0.2, 0) is 6.42 Å². The van der Waals surface area contributed by atoms with Crippen LogP contribution in [0.15, 0.2) is 67.3 Å². The summed E-state index contributed by atoms with van der Waals surface area (Å²) in [6.07, 6.45) is 2.67. The molecular weight excluding hydrogens is 280 g/mol. The first-order chi connectivity index (χ1) is 11.3. The van der Waals surface area contributed by atoms with Crippen LogP contribution in [0.5, 0.6) is 0 Å². The standard InChI is InChI=1S/C19H14N2.C2H6/c1-2-6-14-9-10-17-18(15-7-4-3-5-8-15)12-16(13-20)21-19(17)11-14;1-2/h2-5,7-12H,1,6H2;1-2H3. The molecule has 0 amide bonds. The zero-order chi connectivity index (χ0) is 16.7. The fourth-order valence-electron chi connectivity index (χ4n) is 2.48. The minimum atomic E-state index is 0.442. The average Bonchev–Trinajstić information content (AvgIpc) is 2.63. The molecule has 0 spiro atoms. The molecule has 0 unspecified atom stereocenters. The molecule has 2 nitrogen and oxygen atoms in total. The maximum atomic E-state index is 9.21. The Balaban J connectivity index is 0.000000924. The maximum Gasteiger partial charge on any atom is 0.141 e. The van der Waals surface area contributed by atoms with Crippen LogP contribution in [-0.4, -0.2) is 4.98 Å². The van der Waals surface area contributed by atoms with Crippen molar-refractivity contribution in [3.05, 3.63) is 78.5 Å². The molecule has 3 rings (SSSR count). The minimum absolute atomic E-state index is 0.442. The lowest BCUT2D eigenvalue weighted by atomic mass is 9.98. The summed E-state index contributed by atoms with van der Waals surface area (Å²) in [4.78, 5) is 4.43. The molecule has 0 aliphatic carbocycles. The first-order valence-electron chi connectivity index (χ1n) is 7.82. The largest absolute Gasteiger partial charge is 0.237 e. The Bertz CT molecular complexity index is 843. The summed E-state index contributed by atoms with van der Waals surface area (Å²) in [6, 6.07) is 20.3. The number of fused-ring (bicyclic) bond motifs is 1. The average molecular weight is 300 g/mol. The lowest BCUT2D eigenvalue weighted by Crippen LogP contribution is -1.91. The van der Waals surface area contributed by atoms with Gasteiger partial charge in [0.15, 0.2) is 0 Å². The molecule has 2 aromatic carbocycles. The molecule has 0 saturated heterocycles. The smallest absolute Gasteiger partial charge is 0.141 e. The second-order valence-electron chi connectivity index (χ2n) is 4.88. The van der Waals surface area contributed by atoms with Gasteiger partial charge in [-0.1, -0.05) is 62.4 Å². The molecule has 0 radical (unpaired) electrons. The van der Waals surface area contributed by atoms with Crippen molar-refractivity contribution < 1.29 is 0 Å². The Morgan fingerprint density at radius 3 is 2.48 bits per heavy atom. The Hall–Kier alpha value is -2.92. The highest BCUT2D eigenvalue weighted by Gasteiger charge is 2.08. The van der Waals surface area contributed by atoms with Crippen LogP contribution >= 0.6 is 0 Å². The number of pyridine rings is 1. The fourth-order valence-corrected chi connectivity index (χ4v) is 2.48. The summed E-state index contributed by atoms with van der Waals surface area (Å²) >= 11 is 0. The van der Waals surface area contributed by atoms with Gasteiger partial charge >= 0.3 is 0 Å². The highest BCUT2D eigenvalue weighted by atomic mass is 14.7. The number of nitrogens with zero attached hydrogens (tertiary/aromatic N) is 2. The van der Waals surface area contributed by atoms with Gasteiger partial charge in [-0.25, -0.2) is 4.98 Å². The number of nitriles is 1. The summed E-state index contributed by atoms with van der Waals surface area (Å²) in [7, 11) is 0. The Morgan fingerprint density at radius 2 is 1.83 bits per heavy atom. The number of hydrogen-bond acceptors (Lipinski definition) is 2. The predicted octanol–water partition coefficient (Wildman–Crippen LogP) is 5.53. The van der Waals surface area contributed by atoms with E-state index in [-0.39, 0.29) is 0 Å². The molecule has 0 atom stereocenters. The maximum absolute atomic E-state index is 9.21. The van der Waals surface area contributed by atoms with E-state index >= 15 is 0 Å². The number of hydrogen-bond donors (Lipinski definition) is 0. The molecule has 114 valence electrons. The van der Waals surface area contributed by atoms with Crippen molar-refractivity contribution in [1.82, 2.24) is 4.98 Å². The second-order valence-corrected chi connectivity index (χ2v) is 4.88. The normalized spacial score (nSPS) is 9.61. The second kappa shape index (κ2) is 7.91. The summed E-state index contributed by atoms with van der Waals surface area (Å²) in [6.45, 7) is 7.76. The van der Waals surface area contributed by atoms with Crippen molar-refractivity contribution >= 4 is 10.9 Å². The molecule has 0 fully saturated rings. The van der Waals surface area contributed by atoms with Crippen molar-refractivity contribution in [2.75, 3.05) is 0 Å². The van der Waals surface area contributed by atoms with Crippen molar-refractivity contribution in [2.45, 2.75) is 20.3 Å². The summed E-state index contributed by atoms with van der Waals surface area (Å²) < 4.78 is 0. The number of benzene rings is 2. The van der Waals surface area contributed by atoms with Crippen LogP contribution in [0.2, 0.25) is 0 Å². The summed E-state index contributed by atoms with van der Waals surface area (Å²) in [5.41, 5.74) is 4.59. The van der Waals surface area contributed by atoms with E-state index in [1.165, 1.54) is 0 Å². The van der Waals surface area contributed by atoms with E-state index < -0.39 is 0 Å². The van der Waals surface area contributed by atoms with E-state index in [0.29, 0.717) is 5.69 Å². The van der Waals surface area contributed by atoms with E-state index in [2.05, 4.69) is 29.8 Å². The van der Waals surface area contributed by atoms with Gasteiger partial charge < -0.3 is 0 Å². The van der Waals surface area contributed by atoms with Gasteiger partial charge in [-0.05, 0) is 35.2 Å². The first-order valence-corrected chi connectivity index (χ1v) is 7.82. The van der Waals surface area contributed by atoms with Crippen LogP contribution in [0, 0.1) is 11.3 Å². The van der Waals surface area contributed by atoms with Crippen LogP contribution in [0.25, 0.3) is 22.0 Å². The van der Waals surface area contributed by atoms with Crippen molar-refractivity contribution in [3.8, 4) is 17.2 Å². The van der Waals surface area contributed by atoms with Crippen LogP contribution in [0.1, 0.15) is 25.1 Å². The molecule has 3 aromatic rings. The van der Waals surface area contributed by atoms with Gasteiger partial charge in [-0.3, -0.25) is 0 Å². The molecule has 1 aromatic heterocycles. The van der Waals surface area contributed by atoms with Gasteiger partial charge in [-0.15, -0.1) is 6.58 Å². The van der Waals surface area contributed by atoms with Gasteiger partial charge in [0.25, 0.3) is 0 Å². The molecule has 0 N–H and O–H groups in total. The van der Waals surface area contributed by atoms with E-state index in [1.54, 1.807) is 0 Å². The predicted molar refractivity (Wildman–Crippen MR) is 97.1 cm³/mol. The van der Waals surface area contributed by atoms with Gasteiger partial charge in [0.05, 0.1) is 5.52 Å². The van der Waals surface area contributed by atoms with E-state index in [9.17, 15) is 5.26 Å². The van der Waals surface area contributed by atoms with Crippen molar-refractivity contribution in [2.24, 2.45) is 0 Å². The zero-order valence-corrected chi connectivity index (χ0v) is 13.6. The van der Waals surface area contributed by atoms with Gasteiger partial charge in [0.2, 0.25) is 0 Å². The van der Waals surface area contributed by atoms with Gasteiger partial charge in [-0.2, -0.15) is 5.26 Å². The number of aromatic nitrogens is 1. The molecule has 0 saturated carbocycles. The number of rotatable bonds is 3. The quantitative estimate of drug-likeness (QED) is 0.596. The third kappa shape index (κ3) is 3.64. The monoisotopic (exact) mass is 300 g/mol. The third-order valence-electron chi connectivity index (χ3n) is 3.45. The first kappa shape index (κ1) is 16.5. The minimum Gasteiger partial charge on any atom is -0.237 e. The van der Waals surface area contributed by atoms with Gasteiger partial charge in [0.1, 0.15) is 11.8 Å². The Kier molecular flexibility index (Phi) is 5.66. The lowest BCUT2D eigenvalue weighted by Gasteiger charge is -2.08. The SMILES string of the molecule is C=CCc1ccc2c(-c3ccccc3)cc(C#N)nc2c1.CC. The topological polar surface area (TPSA) is 36.7 Å². The Morgan fingerprint density at radius 1 is 1.09 bits per heavy atom. The molecule has 0 aliphatic rings. The summed E-state index contributed by atoms with van der Waals surface area (Å²) in [5, 5.41) is 10.3. The Labute approximate surface area is 137 Å². The highest BCUT2D eigenvalue weighted by molar-refractivity contribution is 5.95. The summed E-state index contributed by atoms with van der Waals surface area (Å²) in [5.74, 6) is 0. The van der Waals surface area contributed by atoms with Crippen LogP contribution in [0.3, 0.4) is 0 Å². The van der Waals surface area contributed by atoms with Gasteiger partial charge in [0, 0.05) is 5.39 Å². The molecule has 0 bridgehead atoms.